The average molecular weight is 286 g/mol. The topological polar surface area (TPSA) is 24.7 Å². The summed E-state index contributed by atoms with van der Waals surface area (Å²) in [4.78, 5) is 1.46. The van der Waals surface area contributed by atoms with Crippen molar-refractivity contribution in [2.75, 3.05) is 19.6 Å². The Balaban J connectivity index is 2.22. The minimum Gasteiger partial charge on any atom is -0.373 e. The lowest BCUT2D eigenvalue weighted by atomic mass is 9.80. The van der Waals surface area contributed by atoms with E-state index in [9.17, 15) is 5.11 Å². The Bertz CT molecular complexity index is 477. The summed E-state index contributed by atoms with van der Waals surface area (Å²) in [5.41, 5.74) is -0.0105. The molecule has 0 amide bonds. The van der Waals surface area contributed by atoms with Crippen molar-refractivity contribution in [2.45, 2.75) is 45.1 Å². The maximum absolute atomic E-state index is 11.3. The molecule has 2 rings (SSSR count). The highest BCUT2D eigenvalue weighted by atomic mass is 16.3. The van der Waals surface area contributed by atoms with Crippen molar-refractivity contribution in [3.05, 3.63) is 35.9 Å². The Morgan fingerprint density at radius 2 is 1.76 bits per heavy atom. The van der Waals surface area contributed by atoms with E-state index in [2.05, 4.69) is 25.7 Å². The largest absolute Gasteiger partial charge is 0.373 e. The summed E-state index contributed by atoms with van der Waals surface area (Å²) >= 11 is 0. The first kappa shape index (κ1) is 16.1. The Hall–Kier alpha value is -1.30. The third-order valence-corrected chi connectivity index (χ3v) is 4.78. The number of aliphatic hydroxyl groups is 1. The van der Waals surface area contributed by atoms with Crippen LogP contribution >= 0.6 is 0 Å². The van der Waals surface area contributed by atoms with Gasteiger partial charge in [0.1, 0.15) is 6.54 Å². The van der Waals surface area contributed by atoms with Crippen molar-refractivity contribution >= 4 is 0 Å². The molecule has 1 aromatic carbocycles. The van der Waals surface area contributed by atoms with E-state index in [1.165, 1.54) is 17.7 Å². The van der Waals surface area contributed by atoms with Crippen molar-refractivity contribution < 1.29 is 10.0 Å². The molecule has 1 aliphatic carbocycles. The summed E-state index contributed by atoms with van der Waals surface area (Å²) in [7, 11) is 0. The molecular weight excluding hydrogens is 258 g/mol. The van der Waals surface area contributed by atoms with E-state index in [-0.39, 0.29) is 5.92 Å². The van der Waals surface area contributed by atoms with Crippen LogP contribution in [0.2, 0.25) is 0 Å². The highest BCUT2D eigenvalue weighted by Gasteiger charge is 2.38. The molecule has 0 radical (unpaired) electrons. The summed E-state index contributed by atoms with van der Waals surface area (Å²) in [6.45, 7) is 7.34. The molecule has 1 aliphatic rings. The maximum Gasteiger partial charge on any atom is 0.153 e. The Kier molecular flexibility index (Phi) is 5.85. The van der Waals surface area contributed by atoms with Crippen LogP contribution in [-0.2, 0) is 5.60 Å². The molecule has 21 heavy (non-hydrogen) atoms. The second-order valence-electron chi connectivity index (χ2n) is 6.05. The molecule has 0 aromatic heterocycles. The zero-order chi connectivity index (χ0) is 15.1. The van der Waals surface area contributed by atoms with Crippen LogP contribution in [0.5, 0.6) is 0 Å². The molecular formula is C19H28NO+. The van der Waals surface area contributed by atoms with Gasteiger partial charge >= 0.3 is 0 Å². The lowest BCUT2D eigenvalue weighted by Gasteiger charge is -2.29. The van der Waals surface area contributed by atoms with E-state index in [4.69, 9.17) is 0 Å². The summed E-state index contributed by atoms with van der Waals surface area (Å²) < 4.78 is 0. The number of quaternary nitrogens is 1. The third-order valence-electron chi connectivity index (χ3n) is 4.78. The Morgan fingerprint density at radius 1 is 1.14 bits per heavy atom. The second-order valence-corrected chi connectivity index (χ2v) is 6.05. The van der Waals surface area contributed by atoms with Crippen molar-refractivity contribution in [1.82, 2.24) is 0 Å². The molecule has 0 unspecified atom stereocenters. The number of rotatable bonds is 5. The predicted octanol–water partition coefficient (Wildman–Crippen LogP) is 1.99. The molecule has 114 valence electrons. The number of benzene rings is 1. The molecule has 2 N–H and O–H groups in total. The van der Waals surface area contributed by atoms with Crippen molar-refractivity contribution in [3.8, 4) is 11.8 Å². The van der Waals surface area contributed by atoms with Crippen LogP contribution in [0.1, 0.15) is 45.1 Å². The second kappa shape index (κ2) is 7.64. The standard InChI is InChI=1S/C19H27NO/c1-3-20(4-2)16-10-15-19(21,18-13-8-9-14-18)17-11-6-5-7-12-17/h5-7,11-12,18,21H,3-4,8-9,13-14,16H2,1-2H3/p+1/t19-/m1/s1. The van der Waals surface area contributed by atoms with Crippen LogP contribution < -0.4 is 4.90 Å². The van der Waals surface area contributed by atoms with Gasteiger partial charge in [-0.2, -0.15) is 0 Å². The number of nitrogens with one attached hydrogen (secondary N) is 1. The van der Waals surface area contributed by atoms with Crippen molar-refractivity contribution in [3.63, 3.8) is 0 Å². The molecule has 2 nitrogen and oxygen atoms in total. The molecule has 0 bridgehead atoms. The zero-order valence-electron chi connectivity index (χ0n) is 13.4. The molecule has 1 aromatic rings. The van der Waals surface area contributed by atoms with Gasteiger partial charge in [-0.1, -0.05) is 49.1 Å². The normalized spacial score (nSPS) is 18.3. The van der Waals surface area contributed by atoms with Gasteiger partial charge < -0.3 is 10.0 Å². The molecule has 1 fully saturated rings. The van der Waals surface area contributed by atoms with Crippen LogP contribution in [-0.4, -0.2) is 24.7 Å². The molecule has 0 spiro atoms. The summed E-state index contributed by atoms with van der Waals surface area (Å²) in [6, 6.07) is 10.00. The molecule has 2 heteroatoms. The van der Waals surface area contributed by atoms with E-state index in [0.29, 0.717) is 0 Å². The van der Waals surface area contributed by atoms with Crippen molar-refractivity contribution in [2.24, 2.45) is 5.92 Å². The molecule has 0 heterocycles. The van der Waals surface area contributed by atoms with Gasteiger partial charge in [-0.25, -0.2) is 0 Å². The van der Waals surface area contributed by atoms with Crippen LogP contribution in [0.25, 0.3) is 0 Å². The first-order valence-electron chi connectivity index (χ1n) is 8.32. The Morgan fingerprint density at radius 3 is 2.33 bits per heavy atom. The van der Waals surface area contributed by atoms with E-state index in [1.54, 1.807) is 0 Å². The summed E-state index contributed by atoms with van der Waals surface area (Å²) in [5, 5.41) is 11.3. The van der Waals surface area contributed by atoms with E-state index < -0.39 is 5.60 Å². The fourth-order valence-corrected chi connectivity index (χ4v) is 3.25. The fraction of sp³-hybridized carbons (Fsp3) is 0.579. The fourth-order valence-electron chi connectivity index (χ4n) is 3.25. The van der Waals surface area contributed by atoms with Gasteiger partial charge in [0, 0.05) is 5.92 Å². The highest BCUT2D eigenvalue weighted by molar-refractivity contribution is 5.33. The Labute approximate surface area is 129 Å². The van der Waals surface area contributed by atoms with E-state index in [1.807, 2.05) is 30.3 Å². The lowest BCUT2D eigenvalue weighted by Crippen LogP contribution is -3.11. The van der Waals surface area contributed by atoms with Gasteiger partial charge in [0.25, 0.3) is 0 Å². The zero-order valence-corrected chi connectivity index (χ0v) is 13.4. The third kappa shape index (κ3) is 3.87. The highest BCUT2D eigenvalue weighted by Crippen LogP contribution is 2.40. The van der Waals surface area contributed by atoms with Crippen LogP contribution in [0.3, 0.4) is 0 Å². The molecule has 0 aliphatic heterocycles. The van der Waals surface area contributed by atoms with Gasteiger partial charge in [-0.05, 0) is 38.2 Å². The monoisotopic (exact) mass is 286 g/mol. The van der Waals surface area contributed by atoms with Gasteiger partial charge in [-0.15, -0.1) is 0 Å². The predicted molar refractivity (Wildman–Crippen MR) is 87.0 cm³/mol. The van der Waals surface area contributed by atoms with Crippen molar-refractivity contribution in [1.29, 1.82) is 0 Å². The molecule has 1 saturated carbocycles. The van der Waals surface area contributed by atoms with Gasteiger partial charge in [0.2, 0.25) is 0 Å². The minimum absolute atomic E-state index is 0.277. The van der Waals surface area contributed by atoms with E-state index in [0.717, 1.165) is 38.0 Å². The minimum atomic E-state index is -0.968. The molecule has 0 saturated heterocycles. The van der Waals surface area contributed by atoms with Crippen LogP contribution in [0.15, 0.2) is 30.3 Å². The first-order valence-corrected chi connectivity index (χ1v) is 8.32. The molecule has 1 atom stereocenters. The number of hydrogen-bond donors (Lipinski definition) is 2. The first-order chi connectivity index (χ1) is 10.2. The van der Waals surface area contributed by atoms with Gasteiger partial charge in [-0.3, -0.25) is 0 Å². The summed E-state index contributed by atoms with van der Waals surface area (Å²) in [6.07, 6.45) is 4.59. The average Bonchev–Trinajstić information content (AvgIpc) is 3.07. The van der Waals surface area contributed by atoms with Gasteiger partial charge in [0.15, 0.2) is 5.60 Å². The van der Waals surface area contributed by atoms with Crippen LogP contribution in [0.4, 0.5) is 0 Å². The number of hydrogen-bond acceptors (Lipinski definition) is 1. The summed E-state index contributed by atoms with van der Waals surface area (Å²) in [5.74, 6) is 6.78. The van der Waals surface area contributed by atoms with E-state index >= 15 is 0 Å². The van der Waals surface area contributed by atoms with Crippen LogP contribution in [0, 0.1) is 17.8 Å². The smallest absolute Gasteiger partial charge is 0.153 e. The SMILES string of the molecule is CC[NH+](CC)CC#C[C@@](O)(c1ccccc1)C1CCCC1. The lowest BCUT2D eigenvalue weighted by molar-refractivity contribution is -0.889. The quantitative estimate of drug-likeness (QED) is 0.795. The van der Waals surface area contributed by atoms with Gasteiger partial charge in [0.05, 0.1) is 13.1 Å². The maximum atomic E-state index is 11.3.